The third-order valence-corrected chi connectivity index (χ3v) is 4.13. The Kier molecular flexibility index (Phi) is 6.58. The van der Waals surface area contributed by atoms with Crippen molar-refractivity contribution in [2.45, 2.75) is 13.0 Å². The molecular weight excluding hydrogens is 318 g/mol. The fraction of sp³-hybridized carbons (Fsp3) is 0.316. The van der Waals surface area contributed by atoms with E-state index >= 15 is 0 Å². The molecule has 1 atom stereocenters. The molecule has 0 aliphatic heterocycles. The first-order valence-corrected chi connectivity index (χ1v) is 8.33. The summed E-state index contributed by atoms with van der Waals surface area (Å²) in [5.41, 5.74) is 3.34. The van der Waals surface area contributed by atoms with Crippen LogP contribution in [0.4, 0.5) is 5.69 Å². The Morgan fingerprint density at radius 3 is 2.42 bits per heavy atom. The van der Waals surface area contributed by atoms with Crippen molar-refractivity contribution in [1.82, 2.24) is 10.2 Å². The molecule has 0 radical (unpaired) electrons. The molecule has 24 heavy (non-hydrogen) atoms. The first-order valence-electron chi connectivity index (χ1n) is 7.92. The van der Waals surface area contributed by atoms with E-state index in [4.69, 9.17) is 17.0 Å². The van der Waals surface area contributed by atoms with E-state index < -0.39 is 0 Å². The number of thiocarbonyl (C=S) groups is 1. The number of nitrogens with one attached hydrogen (secondary N) is 2. The van der Waals surface area contributed by atoms with Gasteiger partial charge in [-0.25, -0.2) is 0 Å². The van der Waals surface area contributed by atoms with Gasteiger partial charge in [-0.3, -0.25) is 0 Å². The zero-order valence-electron chi connectivity index (χ0n) is 14.7. The summed E-state index contributed by atoms with van der Waals surface area (Å²) in [6, 6.07) is 16.4. The Bertz CT molecular complexity index is 671. The van der Waals surface area contributed by atoms with Gasteiger partial charge >= 0.3 is 0 Å². The molecule has 0 saturated carbocycles. The van der Waals surface area contributed by atoms with Crippen LogP contribution in [0.3, 0.4) is 0 Å². The molecule has 0 aliphatic rings. The minimum absolute atomic E-state index is 0.152. The number of anilines is 1. The molecule has 0 spiro atoms. The molecule has 2 aromatic rings. The average molecular weight is 343 g/mol. The Morgan fingerprint density at radius 1 is 1.12 bits per heavy atom. The number of benzene rings is 2. The first-order chi connectivity index (χ1) is 11.5. The SMILES string of the molecule is COc1ccccc1[C@@H](CNC(=S)Nc1ccc(C)cc1)N(C)C. The number of hydrogen-bond donors (Lipinski definition) is 2. The second-order valence-corrected chi connectivity index (χ2v) is 6.33. The van der Waals surface area contributed by atoms with Gasteiger partial charge in [0, 0.05) is 17.8 Å². The predicted octanol–water partition coefficient (Wildman–Crippen LogP) is 3.59. The van der Waals surface area contributed by atoms with Crippen LogP contribution in [0.25, 0.3) is 0 Å². The molecule has 2 N–H and O–H groups in total. The van der Waals surface area contributed by atoms with E-state index in [2.05, 4.69) is 54.8 Å². The van der Waals surface area contributed by atoms with Crippen LogP contribution in [0.15, 0.2) is 48.5 Å². The van der Waals surface area contributed by atoms with Crippen molar-refractivity contribution in [2.24, 2.45) is 0 Å². The summed E-state index contributed by atoms with van der Waals surface area (Å²) in [4.78, 5) is 2.15. The quantitative estimate of drug-likeness (QED) is 0.784. The topological polar surface area (TPSA) is 36.5 Å². The predicted molar refractivity (Wildman–Crippen MR) is 105 cm³/mol. The average Bonchev–Trinajstić information content (AvgIpc) is 2.57. The van der Waals surface area contributed by atoms with E-state index in [0.717, 1.165) is 17.0 Å². The van der Waals surface area contributed by atoms with Gasteiger partial charge in [-0.05, 0) is 51.4 Å². The van der Waals surface area contributed by atoms with E-state index in [1.807, 2.05) is 30.3 Å². The maximum absolute atomic E-state index is 5.49. The van der Waals surface area contributed by atoms with Gasteiger partial charge in [0.15, 0.2) is 5.11 Å². The number of likely N-dealkylation sites (N-methyl/N-ethyl adjacent to an activating group) is 1. The molecule has 2 aromatic carbocycles. The van der Waals surface area contributed by atoms with Gasteiger partial charge in [-0.15, -0.1) is 0 Å². The molecular formula is C19H25N3OS. The van der Waals surface area contributed by atoms with Crippen molar-refractivity contribution >= 4 is 23.0 Å². The highest BCUT2D eigenvalue weighted by Crippen LogP contribution is 2.27. The summed E-state index contributed by atoms with van der Waals surface area (Å²) in [5, 5.41) is 7.13. The number of para-hydroxylation sites is 1. The van der Waals surface area contributed by atoms with Gasteiger partial charge in [0.25, 0.3) is 0 Å². The van der Waals surface area contributed by atoms with Gasteiger partial charge in [0.1, 0.15) is 5.75 Å². The largest absolute Gasteiger partial charge is 0.496 e. The molecule has 2 rings (SSSR count). The fourth-order valence-corrected chi connectivity index (χ4v) is 2.72. The van der Waals surface area contributed by atoms with Crippen molar-refractivity contribution in [2.75, 3.05) is 33.1 Å². The van der Waals surface area contributed by atoms with Crippen LogP contribution < -0.4 is 15.4 Å². The molecule has 0 saturated heterocycles. The number of aryl methyl sites for hydroxylation is 1. The van der Waals surface area contributed by atoms with Crippen molar-refractivity contribution in [3.05, 3.63) is 59.7 Å². The molecule has 0 unspecified atom stereocenters. The normalized spacial score (nSPS) is 11.9. The number of ether oxygens (including phenoxy) is 1. The Balaban J connectivity index is 2.01. The van der Waals surface area contributed by atoms with Crippen LogP contribution in [0, 0.1) is 6.92 Å². The number of rotatable bonds is 6. The summed E-state index contributed by atoms with van der Waals surface area (Å²) in [6.07, 6.45) is 0. The standard InChI is InChI=1S/C19H25N3OS/c1-14-9-11-15(12-10-14)21-19(24)20-13-17(22(2)3)16-7-5-6-8-18(16)23-4/h5-12,17H,13H2,1-4H3,(H2,20,21,24)/t17-/m1/s1. The van der Waals surface area contributed by atoms with Crippen LogP contribution in [0.5, 0.6) is 5.75 Å². The summed E-state index contributed by atoms with van der Waals surface area (Å²) >= 11 is 5.41. The minimum Gasteiger partial charge on any atom is -0.496 e. The Labute approximate surface area is 149 Å². The highest BCUT2D eigenvalue weighted by Gasteiger charge is 2.18. The van der Waals surface area contributed by atoms with Crippen LogP contribution in [0.1, 0.15) is 17.2 Å². The minimum atomic E-state index is 0.152. The van der Waals surface area contributed by atoms with Crippen molar-refractivity contribution in [1.29, 1.82) is 0 Å². The highest BCUT2D eigenvalue weighted by atomic mass is 32.1. The third kappa shape index (κ3) is 4.94. The van der Waals surface area contributed by atoms with Gasteiger partial charge in [-0.2, -0.15) is 0 Å². The zero-order chi connectivity index (χ0) is 17.5. The van der Waals surface area contributed by atoms with Crippen molar-refractivity contribution in [3.8, 4) is 5.75 Å². The summed E-state index contributed by atoms with van der Waals surface area (Å²) in [6.45, 7) is 2.75. The summed E-state index contributed by atoms with van der Waals surface area (Å²) < 4.78 is 5.49. The Morgan fingerprint density at radius 2 is 1.79 bits per heavy atom. The van der Waals surface area contributed by atoms with Crippen LogP contribution in [0.2, 0.25) is 0 Å². The monoisotopic (exact) mass is 343 g/mol. The van der Waals surface area contributed by atoms with E-state index in [1.54, 1.807) is 7.11 Å². The van der Waals surface area contributed by atoms with Crippen LogP contribution in [-0.2, 0) is 0 Å². The van der Waals surface area contributed by atoms with E-state index in [-0.39, 0.29) is 6.04 Å². The lowest BCUT2D eigenvalue weighted by Gasteiger charge is -2.27. The molecule has 0 heterocycles. The fourth-order valence-electron chi connectivity index (χ4n) is 2.51. The van der Waals surface area contributed by atoms with Crippen molar-refractivity contribution < 1.29 is 4.74 Å². The second kappa shape index (κ2) is 8.66. The third-order valence-electron chi connectivity index (χ3n) is 3.89. The molecule has 5 heteroatoms. The van der Waals surface area contributed by atoms with Gasteiger partial charge in [-0.1, -0.05) is 35.9 Å². The van der Waals surface area contributed by atoms with E-state index in [0.29, 0.717) is 11.7 Å². The highest BCUT2D eigenvalue weighted by molar-refractivity contribution is 7.80. The lowest BCUT2D eigenvalue weighted by atomic mass is 10.0. The lowest BCUT2D eigenvalue weighted by molar-refractivity contribution is 0.288. The van der Waals surface area contributed by atoms with Crippen LogP contribution in [-0.4, -0.2) is 37.8 Å². The van der Waals surface area contributed by atoms with E-state index in [9.17, 15) is 0 Å². The number of methoxy groups -OCH3 is 1. The van der Waals surface area contributed by atoms with Gasteiger partial charge < -0.3 is 20.3 Å². The zero-order valence-corrected chi connectivity index (χ0v) is 15.5. The van der Waals surface area contributed by atoms with E-state index in [1.165, 1.54) is 5.56 Å². The molecule has 0 bridgehead atoms. The molecule has 0 fully saturated rings. The van der Waals surface area contributed by atoms with Crippen LogP contribution >= 0.6 is 12.2 Å². The summed E-state index contributed by atoms with van der Waals surface area (Å²) in [7, 11) is 5.80. The lowest BCUT2D eigenvalue weighted by Crippen LogP contribution is -2.36. The first kappa shape index (κ1) is 18.2. The summed E-state index contributed by atoms with van der Waals surface area (Å²) in [5.74, 6) is 0.885. The second-order valence-electron chi connectivity index (χ2n) is 5.92. The molecule has 0 aromatic heterocycles. The number of hydrogen-bond acceptors (Lipinski definition) is 3. The Hall–Kier alpha value is -2.11. The maximum atomic E-state index is 5.49. The molecule has 0 amide bonds. The molecule has 128 valence electrons. The maximum Gasteiger partial charge on any atom is 0.170 e. The van der Waals surface area contributed by atoms with Crippen molar-refractivity contribution in [3.63, 3.8) is 0 Å². The van der Waals surface area contributed by atoms with Gasteiger partial charge in [0.2, 0.25) is 0 Å². The molecule has 0 aliphatic carbocycles. The van der Waals surface area contributed by atoms with Gasteiger partial charge in [0.05, 0.1) is 13.2 Å². The number of nitrogens with zero attached hydrogens (tertiary/aromatic N) is 1. The molecule has 4 nitrogen and oxygen atoms in total. The smallest absolute Gasteiger partial charge is 0.170 e.